The number of alkyl halides is 1. The Kier molecular flexibility index (Phi) is 10.5. The molecule has 178 valence electrons. The lowest BCUT2D eigenvalue weighted by atomic mass is 10.0. The number of ether oxygens (including phenoxy) is 2. The summed E-state index contributed by atoms with van der Waals surface area (Å²) in [4.78, 5) is 4.08. The minimum absolute atomic E-state index is 0.172. The highest BCUT2D eigenvalue weighted by Gasteiger charge is 2.17. The second-order valence-electron chi connectivity index (χ2n) is 8.09. The Balaban J connectivity index is 0.000000321. The summed E-state index contributed by atoms with van der Waals surface area (Å²) >= 11 is 0. The molecule has 0 atom stereocenters. The van der Waals surface area contributed by atoms with Gasteiger partial charge < -0.3 is 20.5 Å². The van der Waals surface area contributed by atoms with Crippen molar-refractivity contribution in [2.75, 3.05) is 24.7 Å². The molecule has 0 unspecified atom stereocenters. The van der Waals surface area contributed by atoms with E-state index in [9.17, 15) is 4.39 Å². The fraction of sp³-hybridized carbons (Fsp3) is 0.370. The van der Waals surface area contributed by atoms with E-state index in [1.807, 2.05) is 13.0 Å². The van der Waals surface area contributed by atoms with Crippen molar-refractivity contribution in [3.8, 4) is 11.6 Å². The van der Waals surface area contributed by atoms with Gasteiger partial charge in [0.15, 0.2) is 0 Å². The number of nitrogens with one attached hydrogen (secondary N) is 1. The summed E-state index contributed by atoms with van der Waals surface area (Å²) in [6.07, 6.45) is 2.57. The number of anilines is 2. The molecule has 0 saturated heterocycles. The predicted molar refractivity (Wildman–Crippen MR) is 135 cm³/mol. The molecular formula is C27H36FN3O2. The van der Waals surface area contributed by atoms with Crippen LogP contribution in [-0.4, -0.2) is 18.6 Å². The third-order valence-electron chi connectivity index (χ3n) is 5.20. The molecule has 2 aromatic carbocycles. The predicted octanol–water partition coefficient (Wildman–Crippen LogP) is 6.66. The molecule has 0 saturated carbocycles. The third kappa shape index (κ3) is 7.67. The van der Waals surface area contributed by atoms with E-state index in [2.05, 4.69) is 55.3 Å². The maximum Gasteiger partial charge on any atom is 0.213 e. The van der Waals surface area contributed by atoms with Gasteiger partial charge >= 0.3 is 0 Å². The van der Waals surface area contributed by atoms with Crippen LogP contribution in [-0.2, 0) is 13.3 Å². The van der Waals surface area contributed by atoms with Crippen LogP contribution < -0.4 is 20.5 Å². The fourth-order valence-corrected chi connectivity index (χ4v) is 3.19. The lowest BCUT2D eigenvalue weighted by Crippen LogP contribution is -2.10. The molecule has 0 fully saturated rings. The second-order valence-corrected chi connectivity index (χ2v) is 8.09. The Morgan fingerprint density at radius 1 is 1.12 bits per heavy atom. The van der Waals surface area contributed by atoms with Crippen LogP contribution in [0.3, 0.4) is 0 Å². The number of benzene rings is 2. The van der Waals surface area contributed by atoms with E-state index in [4.69, 9.17) is 15.2 Å². The van der Waals surface area contributed by atoms with E-state index in [0.717, 1.165) is 13.0 Å². The van der Waals surface area contributed by atoms with Gasteiger partial charge in [-0.05, 0) is 37.0 Å². The number of pyridine rings is 1. The van der Waals surface area contributed by atoms with Gasteiger partial charge in [0, 0.05) is 29.9 Å². The smallest absolute Gasteiger partial charge is 0.213 e. The molecule has 1 heterocycles. The zero-order valence-corrected chi connectivity index (χ0v) is 20.3. The minimum atomic E-state index is -0.669. The van der Waals surface area contributed by atoms with Crippen molar-refractivity contribution in [1.29, 1.82) is 0 Å². The fourth-order valence-electron chi connectivity index (χ4n) is 3.19. The molecule has 0 spiro atoms. The Labute approximate surface area is 197 Å². The van der Waals surface area contributed by atoms with Gasteiger partial charge in [0.25, 0.3) is 0 Å². The molecule has 0 amide bonds. The molecule has 0 aliphatic carbocycles. The van der Waals surface area contributed by atoms with Crippen molar-refractivity contribution >= 4 is 11.4 Å². The first-order valence-corrected chi connectivity index (χ1v) is 11.3. The van der Waals surface area contributed by atoms with E-state index >= 15 is 0 Å². The molecule has 3 aromatic rings. The van der Waals surface area contributed by atoms with E-state index in [1.54, 1.807) is 31.5 Å². The lowest BCUT2D eigenvalue weighted by Gasteiger charge is -2.19. The quantitative estimate of drug-likeness (QED) is 0.355. The van der Waals surface area contributed by atoms with Gasteiger partial charge in [-0.1, -0.05) is 56.7 Å². The number of hydrogen-bond acceptors (Lipinski definition) is 5. The van der Waals surface area contributed by atoms with Crippen molar-refractivity contribution in [2.45, 2.75) is 53.3 Å². The van der Waals surface area contributed by atoms with Gasteiger partial charge in [-0.3, -0.25) is 0 Å². The van der Waals surface area contributed by atoms with Crippen LogP contribution in [0.15, 0.2) is 54.7 Å². The van der Waals surface area contributed by atoms with Crippen LogP contribution >= 0.6 is 0 Å². The first-order chi connectivity index (χ1) is 15.9. The normalized spacial score (nSPS) is 10.4. The zero-order valence-electron chi connectivity index (χ0n) is 20.3. The van der Waals surface area contributed by atoms with Crippen LogP contribution in [0.25, 0.3) is 0 Å². The number of rotatable bonds is 9. The van der Waals surface area contributed by atoms with Crippen LogP contribution in [0.4, 0.5) is 15.8 Å². The van der Waals surface area contributed by atoms with E-state index in [0.29, 0.717) is 40.0 Å². The number of nitrogen functional groups attached to an aromatic ring is 1. The van der Waals surface area contributed by atoms with Crippen molar-refractivity contribution in [3.05, 3.63) is 77.0 Å². The molecule has 3 N–H and O–H groups in total. The zero-order chi connectivity index (χ0) is 24.2. The largest absolute Gasteiger partial charge is 0.494 e. The molecule has 0 aliphatic heterocycles. The molecule has 0 bridgehead atoms. The first kappa shape index (κ1) is 26.0. The number of nitrogens with two attached hydrogens (primary N) is 1. The number of hydrogen-bond donors (Lipinski definition) is 2. The van der Waals surface area contributed by atoms with Gasteiger partial charge in [-0.15, -0.1) is 0 Å². The van der Waals surface area contributed by atoms with Gasteiger partial charge in [0.05, 0.1) is 12.8 Å². The Morgan fingerprint density at radius 2 is 1.85 bits per heavy atom. The molecular weight excluding hydrogens is 417 g/mol. The minimum Gasteiger partial charge on any atom is -0.494 e. The summed E-state index contributed by atoms with van der Waals surface area (Å²) in [7, 11) is 1.56. The SMILES string of the molecule is CCCNc1c(OC)cc(COc2ccccn2)c(CF)c1N.Cc1ccc(C(C)C)cc1. The molecule has 5 nitrogen and oxygen atoms in total. The summed E-state index contributed by atoms with van der Waals surface area (Å²) in [5.74, 6) is 1.71. The number of nitrogens with zero attached hydrogens (tertiary/aromatic N) is 1. The van der Waals surface area contributed by atoms with E-state index in [1.165, 1.54) is 11.1 Å². The van der Waals surface area contributed by atoms with Crippen molar-refractivity contribution in [3.63, 3.8) is 0 Å². The van der Waals surface area contributed by atoms with Crippen LogP contribution in [0.5, 0.6) is 11.6 Å². The van der Waals surface area contributed by atoms with Gasteiger partial charge in [-0.2, -0.15) is 0 Å². The van der Waals surface area contributed by atoms with E-state index in [-0.39, 0.29) is 6.61 Å². The number of aromatic nitrogens is 1. The number of methoxy groups -OCH3 is 1. The maximum atomic E-state index is 13.5. The highest BCUT2D eigenvalue weighted by molar-refractivity contribution is 5.78. The third-order valence-corrected chi connectivity index (χ3v) is 5.20. The molecule has 3 rings (SSSR count). The van der Waals surface area contributed by atoms with Gasteiger partial charge in [0.1, 0.15) is 24.7 Å². The van der Waals surface area contributed by atoms with Crippen LogP contribution in [0, 0.1) is 6.92 Å². The van der Waals surface area contributed by atoms with Gasteiger partial charge in [-0.25, -0.2) is 9.37 Å². The number of halogens is 1. The highest BCUT2D eigenvalue weighted by Crippen LogP contribution is 2.37. The first-order valence-electron chi connectivity index (χ1n) is 11.3. The Hall–Kier alpha value is -3.28. The summed E-state index contributed by atoms with van der Waals surface area (Å²) in [6.45, 7) is 8.82. The van der Waals surface area contributed by atoms with Crippen LogP contribution in [0.2, 0.25) is 0 Å². The van der Waals surface area contributed by atoms with E-state index < -0.39 is 6.67 Å². The molecule has 1 aromatic heterocycles. The Morgan fingerprint density at radius 3 is 2.39 bits per heavy atom. The average Bonchev–Trinajstić information content (AvgIpc) is 2.83. The van der Waals surface area contributed by atoms with Crippen LogP contribution in [0.1, 0.15) is 55.4 Å². The van der Waals surface area contributed by atoms with Crippen molar-refractivity contribution < 1.29 is 13.9 Å². The Bertz CT molecular complexity index is 977. The molecule has 0 aliphatic rings. The molecule has 33 heavy (non-hydrogen) atoms. The summed E-state index contributed by atoms with van der Waals surface area (Å²) in [6, 6.07) is 15.8. The summed E-state index contributed by atoms with van der Waals surface area (Å²) < 4.78 is 24.5. The molecule has 6 heteroatoms. The van der Waals surface area contributed by atoms with Crippen molar-refractivity contribution in [1.82, 2.24) is 4.98 Å². The standard InChI is InChI=1S/C17H22FN3O2.C10H14/c1-3-7-21-17-14(22-2)9-12(13(10-18)16(17)19)11-23-15-6-4-5-8-20-15;1-8(2)10-6-4-9(3)5-7-10/h4-6,8-9,21H,3,7,10-11,19H2,1-2H3;4-8H,1-3H3. The summed E-state index contributed by atoms with van der Waals surface area (Å²) in [5, 5.41) is 3.19. The van der Waals surface area contributed by atoms with Crippen molar-refractivity contribution in [2.24, 2.45) is 0 Å². The van der Waals surface area contributed by atoms with Gasteiger partial charge in [0.2, 0.25) is 5.88 Å². The second kappa shape index (κ2) is 13.3. The average molecular weight is 454 g/mol. The molecule has 0 radical (unpaired) electrons. The maximum absolute atomic E-state index is 13.5. The summed E-state index contributed by atoms with van der Waals surface area (Å²) in [5.41, 5.74) is 10.9. The highest BCUT2D eigenvalue weighted by atomic mass is 19.1. The topological polar surface area (TPSA) is 69.4 Å². The monoisotopic (exact) mass is 453 g/mol. The number of aryl methyl sites for hydroxylation is 1. The lowest BCUT2D eigenvalue weighted by molar-refractivity contribution is 0.290.